The first-order chi connectivity index (χ1) is 19.8. The van der Waals surface area contributed by atoms with Gasteiger partial charge >= 0.3 is 0 Å². The van der Waals surface area contributed by atoms with Crippen molar-refractivity contribution in [1.82, 2.24) is 4.90 Å². The predicted octanol–water partition coefficient (Wildman–Crippen LogP) is 7.73. The highest BCUT2D eigenvalue weighted by atomic mass is 35.5. The van der Waals surface area contributed by atoms with E-state index in [4.69, 9.17) is 17.3 Å². The van der Waals surface area contributed by atoms with Crippen LogP contribution in [0.15, 0.2) is 66.7 Å². The lowest BCUT2D eigenvalue weighted by atomic mass is 9.76. The van der Waals surface area contributed by atoms with Crippen LogP contribution in [0.1, 0.15) is 78.9 Å². The Labute approximate surface area is 246 Å². The van der Waals surface area contributed by atoms with Crippen LogP contribution in [0, 0.1) is 24.6 Å². The Morgan fingerprint density at radius 3 is 2.34 bits per heavy atom. The van der Waals surface area contributed by atoms with Crippen molar-refractivity contribution < 1.29 is 14.0 Å². The van der Waals surface area contributed by atoms with Crippen LogP contribution in [-0.2, 0) is 4.79 Å². The molecule has 214 valence electrons. The number of fused-ring (bicyclic) bond motifs is 1. The summed E-state index contributed by atoms with van der Waals surface area (Å²) in [4.78, 5) is 31.3. The molecule has 2 saturated carbocycles. The SMILES string of the molecule is Cc1cccc(F)c1C(=O)N1C2CCCC2CC(C(N)=O)C1c1ccc(N(c2cccc(Cl)c2)C2CCCC2)cc1. The number of piperidine rings is 1. The largest absolute Gasteiger partial charge is 0.369 e. The molecule has 0 bridgehead atoms. The lowest BCUT2D eigenvalue weighted by Gasteiger charge is -2.48. The first kappa shape index (κ1) is 27.8. The number of rotatable bonds is 6. The summed E-state index contributed by atoms with van der Waals surface area (Å²) >= 11 is 6.38. The topological polar surface area (TPSA) is 66.6 Å². The van der Waals surface area contributed by atoms with Gasteiger partial charge in [0, 0.05) is 28.5 Å². The molecule has 3 aromatic carbocycles. The van der Waals surface area contributed by atoms with Crippen LogP contribution >= 0.6 is 11.6 Å². The second-order valence-corrected chi connectivity index (χ2v) is 12.4. The number of likely N-dealkylation sites (tertiary alicyclic amines) is 1. The van der Waals surface area contributed by atoms with Crippen molar-refractivity contribution in [2.75, 3.05) is 4.90 Å². The van der Waals surface area contributed by atoms with Crippen LogP contribution in [0.5, 0.6) is 0 Å². The Morgan fingerprint density at radius 1 is 0.927 bits per heavy atom. The third-order valence-electron chi connectivity index (χ3n) is 9.54. The number of benzene rings is 3. The smallest absolute Gasteiger partial charge is 0.257 e. The van der Waals surface area contributed by atoms with Crippen molar-refractivity contribution in [2.45, 2.75) is 76.4 Å². The van der Waals surface area contributed by atoms with Crippen molar-refractivity contribution in [3.63, 3.8) is 0 Å². The molecule has 2 amide bonds. The molecule has 5 nitrogen and oxygen atoms in total. The van der Waals surface area contributed by atoms with Crippen molar-refractivity contribution in [2.24, 2.45) is 17.6 Å². The van der Waals surface area contributed by atoms with Crippen LogP contribution in [-0.4, -0.2) is 28.8 Å². The van der Waals surface area contributed by atoms with Crippen LogP contribution < -0.4 is 10.6 Å². The maximum atomic E-state index is 15.1. The second kappa shape index (κ2) is 11.5. The van der Waals surface area contributed by atoms with Crippen molar-refractivity contribution in [3.05, 3.63) is 94.3 Å². The van der Waals surface area contributed by atoms with Gasteiger partial charge in [0.15, 0.2) is 0 Å². The van der Waals surface area contributed by atoms with Crippen LogP contribution in [0.2, 0.25) is 5.02 Å². The van der Waals surface area contributed by atoms with Gasteiger partial charge in [0.25, 0.3) is 5.91 Å². The molecule has 3 aromatic rings. The minimum Gasteiger partial charge on any atom is -0.369 e. The van der Waals surface area contributed by atoms with E-state index in [9.17, 15) is 9.59 Å². The van der Waals surface area contributed by atoms with Gasteiger partial charge in [-0.05, 0) is 92.5 Å². The number of amides is 2. The fourth-order valence-electron chi connectivity index (χ4n) is 7.68. The second-order valence-electron chi connectivity index (χ2n) is 12.0. The highest BCUT2D eigenvalue weighted by molar-refractivity contribution is 6.30. The highest BCUT2D eigenvalue weighted by Crippen LogP contribution is 2.49. The number of hydrogen-bond acceptors (Lipinski definition) is 3. The molecule has 6 rings (SSSR count). The average Bonchev–Trinajstić information content (AvgIpc) is 3.65. The fraction of sp³-hybridized carbons (Fsp3) is 0.412. The maximum Gasteiger partial charge on any atom is 0.257 e. The van der Waals surface area contributed by atoms with E-state index < -0.39 is 23.7 Å². The van der Waals surface area contributed by atoms with Gasteiger partial charge < -0.3 is 15.5 Å². The molecule has 1 heterocycles. The average molecular weight is 574 g/mol. The number of carbonyl (C=O) groups is 2. The molecule has 1 aliphatic heterocycles. The number of anilines is 2. The number of halogens is 2. The Balaban J connectivity index is 1.42. The van der Waals surface area contributed by atoms with Gasteiger partial charge in [-0.3, -0.25) is 9.59 Å². The zero-order valence-corrected chi connectivity index (χ0v) is 24.2. The monoisotopic (exact) mass is 573 g/mol. The van der Waals surface area contributed by atoms with Crippen LogP contribution in [0.25, 0.3) is 0 Å². The molecule has 1 saturated heterocycles. The summed E-state index contributed by atoms with van der Waals surface area (Å²) in [6, 6.07) is 20.6. The third-order valence-corrected chi connectivity index (χ3v) is 9.77. The highest BCUT2D eigenvalue weighted by Gasteiger charge is 2.49. The van der Waals surface area contributed by atoms with E-state index in [1.54, 1.807) is 19.1 Å². The quantitative estimate of drug-likeness (QED) is 0.328. The summed E-state index contributed by atoms with van der Waals surface area (Å²) in [7, 11) is 0. The van der Waals surface area contributed by atoms with Gasteiger partial charge in [-0.2, -0.15) is 0 Å². The van der Waals surface area contributed by atoms with Crippen molar-refractivity contribution >= 4 is 34.8 Å². The zero-order valence-electron chi connectivity index (χ0n) is 23.4. The molecule has 0 radical (unpaired) electrons. The normalized spacial score (nSPS) is 24.3. The molecule has 41 heavy (non-hydrogen) atoms. The molecule has 4 unspecified atom stereocenters. The van der Waals surface area contributed by atoms with Gasteiger partial charge in [0.1, 0.15) is 5.82 Å². The van der Waals surface area contributed by atoms with E-state index >= 15 is 4.39 Å². The van der Waals surface area contributed by atoms with E-state index in [1.165, 1.54) is 18.9 Å². The van der Waals surface area contributed by atoms with Crippen molar-refractivity contribution in [1.29, 1.82) is 0 Å². The Bertz CT molecular complexity index is 1420. The molecule has 4 atom stereocenters. The molecule has 7 heteroatoms. The first-order valence-corrected chi connectivity index (χ1v) is 15.2. The minimum absolute atomic E-state index is 0.0526. The molecular formula is C34H37ClFN3O2. The summed E-state index contributed by atoms with van der Waals surface area (Å²) in [5, 5.41) is 0.692. The molecular weight excluding hydrogens is 537 g/mol. The minimum atomic E-state index is -0.557. The molecule has 2 aliphatic carbocycles. The Hall–Kier alpha value is -3.38. The van der Waals surface area contributed by atoms with Gasteiger partial charge in [0.05, 0.1) is 17.5 Å². The Kier molecular flexibility index (Phi) is 7.78. The Morgan fingerprint density at radius 2 is 1.66 bits per heavy atom. The number of nitrogens with zero attached hydrogens (tertiary/aromatic N) is 2. The van der Waals surface area contributed by atoms with Crippen molar-refractivity contribution in [3.8, 4) is 0 Å². The lowest BCUT2D eigenvalue weighted by Crippen LogP contribution is -2.54. The summed E-state index contributed by atoms with van der Waals surface area (Å²) in [6.45, 7) is 1.76. The number of primary amides is 1. The van der Waals surface area contributed by atoms with E-state index in [1.807, 2.05) is 35.2 Å². The van der Waals surface area contributed by atoms with Gasteiger partial charge in [0.2, 0.25) is 5.91 Å². The van der Waals surface area contributed by atoms with E-state index in [0.29, 0.717) is 23.0 Å². The molecule has 2 N–H and O–H groups in total. The number of hydrogen-bond donors (Lipinski definition) is 1. The maximum absolute atomic E-state index is 15.1. The van der Waals surface area contributed by atoms with E-state index in [2.05, 4.69) is 23.1 Å². The van der Waals surface area contributed by atoms with Gasteiger partial charge in [-0.15, -0.1) is 0 Å². The summed E-state index contributed by atoms with van der Waals surface area (Å²) in [5.74, 6) is -1.67. The van der Waals surface area contributed by atoms with Crippen LogP contribution in [0.4, 0.5) is 15.8 Å². The summed E-state index contributed by atoms with van der Waals surface area (Å²) in [5.41, 5.74) is 9.63. The molecule has 3 fully saturated rings. The number of aryl methyl sites for hydroxylation is 1. The van der Waals surface area contributed by atoms with E-state index in [-0.39, 0.29) is 23.4 Å². The van der Waals surface area contributed by atoms with Gasteiger partial charge in [-0.25, -0.2) is 4.39 Å². The standard InChI is InChI=1S/C34H37ClFN3O2/c1-21-7-4-13-29(36)31(21)34(41)39-30-14-5-8-23(30)19-28(33(37)40)32(39)22-15-17-26(18-16-22)38(25-10-2-3-11-25)27-12-6-9-24(35)20-27/h4,6-7,9,12-13,15-18,20,23,25,28,30,32H,2-3,5,8,10-11,14,19H2,1H3,(H2,37,40). The molecule has 0 aromatic heterocycles. The third kappa shape index (κ3) is 5.23. The summed E-state index contributed by atoms with van der Waals surface area (Å²) in [6.07, 6.45) is 7.99. The zero-order chi connectivity index (χ0) is 28.7. The van der Waals surface area contributed by atoms with Gasteiger partial charge in [-0.1, -0.05) is 61.2 Å². The molecule has 3 aliphatic rings. The lowest BCUT2D eigenvalue weighted by molar-refractivity contribution is -0.127. The summed E-state index contributed by atoms with van der Waals surface area (Å²) < 4.78 is 15.1. The van der Waals surface area contributed by atoms with Crippen LogP contribution in [0.3, 0.4) is 0 Å². The fourth-order valence-corrected chi connectivity index (χ4v) is 7.86. The predicted molar refractivity (Wildman–Crippen MR) is 161 cm³/mol. The van der Waals surface area contributed by atoms with E-state index in [0.717, 1.165) is 49.0 Å². The number of nitrogens with two attached hydrogens (primary N) is 1. The molecule has 0 spiro atoms. The number of carbonyl (C=O) groups excluding carboxylic acids is 2. The first-order valence-electron chi connectivity index (χ1n) is 14.9.